The van der Waals surface area contributed by atoms with Crippen molar-refractivity contribution < 1.29 is 9.53 Å². The molecule has 1 aliphatic carbocycles. The van der Waals surface area contributed by atoms with Crippen molar-refractivity contribution in [1.82, 2.24) is 9.80 Å². The third kappa shape index (κ3) is 3.69. The lowest BCUT2D eigenvalue weighted by Gasteiger charge is -2.35. The highest BCUT2D eigenvalue weighted by molar-refractivity contribution is 5.78. The van der Waals surface area contributed by atoms with E-state index in [-0.39, 0.29) is 5.91 Å². The van der Waals surface area contributed by atoms with Crippen molar-refractivity contribution in [1.29, 1.82) is 0 Å². The van der Waals surface area contributed by atoms with Gasteiger partial charge in [0.05, 0.1) is 19.8 Å². The van der Waals surface area contributed by atoms with Gasteiger partial charge >= 0.3 is 0 Å². The van der Waals surface area contributed by atoms with E-state index >= 15 is 0 Å². The molecule has 0 spiro atoms. The molecule has 1 heterocycles. The van der Waals surface area contributed by atoms with Gasteiger partial charge < -0.3 is 9.64 Å². The monoisotopic (exact) mass is 254 g/mol. The summed E-state index contributed by atoms with van der Waals surface area (Å²) in [5, 5.41) is 0. The molecule has 0 unspecified atom stereocenters. The molecule has 4 heteroatoms. The molecular weight excluding hydrogens is 228 g/mol. The number of likely N-dealkylation sites (N-methyl/N-ethyl adjacent to an activating group) is 1. The van der Waals surface area contributed by atoms with Gasteiger partial charge in [0, 0.05) is 26.2 Å². The van der Waals surface area contributed by atoms with E-state index in [1.165, 1.54) is 25.7 Å². The van der Waals surface area contributed by atoms with Crippen LogP contribution in [-0.2, 0) is 9.53 Å². The van der Waals surface area contributed by atoms with Crippen molar-refractivity contribution in [2.45, 2.75) is 38.6 Å². The smallest absolute Gasteiger partial charge is 0.236 e. The molecule has 0 radical (unpaired) electrons. The van der Waals surface area contributed by atoms with Gasteiger partial charge in [-0.05, 0) is 31.6 Å². The van der Waals surface area contributed by atoms with E-state index in [0.717, 1.165) is 32.2 Å². The fraction of sp³-hybridized carbons (Fsp3) is 0.929. The quantitative estimate of drug-likeness (QED) is 0.762. The van der Waals surface area contributed by atoms with Crippen molar-refractivity contribution >= 4 is 5.91 Å². The van der Waals surface area contributed by atoms with Gasteiger partial charge in [-0.3, -0.25) is 9.69 Å². The summed E-state index contributed by atoms with van der Waals surface area (Å²) in [6.45, 7) is 6.18. The van der Waals surface area contributed by atoms with Gasteiger partial charge in [-0.15, -0.1) is 0 Å². The van der Waals surface area contributed by atoms with Crippen LogP contribution in [0.5, 0.6) is 0 Å². The van der Waals surface area contributed by atoms with Crippen molar-refractivity contribution in [2.75, 3.05) is 39.9 Å². The maximum absolute atomic E-state index is 12.2. The number of morpholine rings is 1. The molecule has 0 aromatic heterocycles. The highest BCUT2D eigenvalue weighted by Crippen LogP contribution is 2.26. The van der Waals surface area contributed by atoms with Gasteiger partial charge in [-0.1, -0.05) is 6.92 Å². The zero-order valence-corrected chi connectivity index (χ0v) is 11.7. The standard InChI is InChI=1S/C14H26N2O2/c1-12-3-5-13(6-4-12)15(2)14(17)11-16-7-9-18-10-8-16/h12-13H,3-11H2,1-2H3/t12-,13-. The minimum Gasteiger partial charge on any atom is -0.379 e. The molecule has 2 aliphatic rings. The number of ether oxygens (including phenoxy) is 1. The Labute approximate surface area is 110 Å². The van der Waals surface area contributed by atoms with Crippen LogP contribution >= 0.6 is 0 Å². The Kier molecular flexibility index (Phi) is 5.01. The molecule has 2 fully saturated rings. The van der Waals surface area contributed by atoms with E-state index in [2.05, 4.69) is 11.8 Å². The normalized spacial score (nSPS) is 30.1. The van der Waals surface area contributed by atoms with Gasteiger partial charge in [-0.25, -0.2) is 0 Å². The molecule has 18 heavy (non-hydrogen) atoms. The zero-order valence-electron chi connectivity index (χ0n) is 11.7. The highest BCUT2D eigenvalue weighted by atomic mass is 16.5. The Morgan fingerprint density at radius 1 is 1.22 bits per heavy atom. The molecule has 1 saturated carbocycles. The average molecular weight is 254 g/mol. The van der Waals surface area contributed by atoms with Crippen LogP contribution < -0.4 is 0 Å². The Morgan fingerprint density at radius 3 is 2.44 bits per heavy atom. The second-order valence-corrected chi connectivity index (χ2v) is 5.81. The van der Waals surface area contributed by atoms with E-state index in [4.69, 9.17) is 4.74 Å². The molecule has 104 valence electrons. The fourth-order valence-electron chi connectivity index (χ4n) is 2.90. The first-order chi connectivity index (χ1) is 8.66. The largest absolute Gasteiger partial charge is 0.379 e. The predicted octanol–water partition coefficient (Wildman–Crippen LogP) is 1.36. The van der Waals surface area contributed by atoms with Crippen molar-refractivity contribution in [3.05, 3.63) is 0 Å². The van der Waals surface area contributed by atoms with Crippen LogP contribution in [0.1, 0.15) is 32.6 Å². The molecule has 0 aromatic rings. The molecule has 4 nitrogen and oxygen atoms in total. The number of hydrogen-bond donors (Lipinski definition) is 0. The van der Waals surface area contributed by atoms with Gasteiger partial charge in [0.15, 0.2) is 0 Å². The van der Waals surface area contributed by atoms with Gasteiger partial charge in [0.1, 0.15) is 0 Å². The van der Waals surface area contributed by atoms with Crippen molar-refractivity contribution in [3.63, 3.8) is 0 Å². The van der Waals surface area contributed by atoms with Crippen LogP contribution in [0.2, 0.25) is 0 Å². The molecule has 0 aromatic carbocycles. The van der Waals surface area contributed by atoms with Crippen LogP contribution in [-0.4, -0.2) is 61.6 Å². The Hall–Kier alpha value is -0.610. The maximum atomic E-state index is 12.2. The Balaban J connectivity index is 1.77. The van der Waals surface area contributed by atoms with E-state index in [1.54, 1.807) is 0 Å². The summed E-state index contributed by atoms with van der Waals surface area (Å²) >= 11 is 0. The molecule has 1 amide bonds. The maximum Gasteiger partial charge on any atom is 0.236 e. The molecule has 0 N–H and O–H groups in total. The first-order valence-corrected chi connectivity index (χ1v) is 7.22. The van der Waals surface area contributed by atoms with Crippen LogP contribution in [0, 0.1) is 5.92 Å². The van der Waals surface area contributed by atoms with Crippen LogP contribution in [0.3, 0.4) is 0 Å². The summed E-state index contributed by atoms with van der Waals surface area (Å²) in [4.78, 5) is 16.4. The molecule has 2 rings (SSSR count). The lowest BCUT2D eigenvalue weighted by Crippen LogP contribution is -2.47. The minimum absolute atomic E-state index is 0.274. The van der Waals surface area contributed by atoms with Crippen LogP contribution in [0.25, 0.3) is 0 Å². The van der Waals surface area contributed by atoms with Gasteiger partial charge in [-0.2, -0.15) is 0 Å². The summed E-state index contributed by atoms with van der Waals surface area (Å²) in [5.41, 5.74) is 0. The summed E-state index contributed by atoms with van der Waals surface area (Å²) in [6, 6.07) is 0.467. The Morgan fingerprint density at radius 2 is 1.83 bits per heavy atom. The molecule has 1 aliphatic heterocycles. The van der Waals surface area contributed by atoms with Crippen LogP contribution in [0.15, 0.2) is 0 Å². The summed E-state index contributed by atoms with van der Waals surface area (Å²) in [6.07, 6.45) is 4.87. The number of rotatable bonds is 3. The molecular formula is C14H26N2O2. The summed E-state index contributed by atoms with van der Waals surface area (Å²) < 4.78 is 5.30. The topological polar surface area (TPSA) is 32.8 Å². The number of hydrogen-bond acceptors (Lipinski definition) is 3. The number of carbonyl (C=O) groups excluding carboxylic acids is 1. The molecule has 0 atom stereocenters. The fourth-order valence-corrected chi connectivity index (χ4v) is 2.90. The Bertz CT molecular complexity index is 269. The number of amides is 1. The summed E-state index contributed by atoms with van der Waals surface area (Å²) in [5.74, 6) is 1.11. The van der Waals surface area contributed by atoms with Gasteiger partial charge in [0.2, 0.25) is 5.91 Å². The number of carbonyl (C=O) groups is 1. The summed E-state index contributed by atoms with van der Waals surface area (Å²) in [7, 11) is 1.98. The average Bonchev–Trinajstić information content (AvgIpc) is 2.40. The number of nitrogens with zero attached hydrogens (tertiary/aromatic N) is 2. The minimum atomic E-state index is 0.274. The van der Waals surface area contributed by atoms with Crippen LogP contribution in [0.4, 0.5) is 0 Å². The molecule has 0 bridgehead atoms. The zero-order chi connectivity index (χ0) is 13.0. The third-order valence-corrected chi connectivity index (χ3v) is 4.39. The van der Waals surface area contributed by atoms with E-state index < -0.39 is 0 Å². The predicted molar refractivity (Wildman–Crippen MR) is 71.4 cm³/mol. The highest BCUT2D eigenvalue weighted by Gasteiger charge is 2.26. The van der Waals surface area contributed by atoms with E-state index in [0.29, 0.717) is 12.6 Å². The SMILES string of the molecule is CN(C(=O)CN1CCOCC1)[C@H]1CC[C@H](C)CC1. The second-order valence-electron chi connectivity index (χ2n) is 5.81. The molecule has 1 saturated heterocycles. The van der Waals surface area contributed by atoms with E-state index in [9.17, 15) is 4.79 Å². The van der Waals surface area contributed by atoms with Gasteiger partial charge in [0.25, 0.3) is 0 Å². The van der Waals surface area contributed by atoms with Crippen molar-refractivity contribution in [3.8, 4) is 0 Å². The lowest BCUT2D eigenvalue weighted by atomic mass is 9.87. The van der Waals surface area contributed by atoms with Crippen molar-refractivity contribution in [2.24, 2.45) is 5.92 Å². The third-order valence-electron chi connectivity index (χ3n) is 4.39. The first-order valence-electron chi connectivity index (χ1n) is 7.22. The lowest BCUT2D eigenvalue weighted by molar-refractivity contribution is -0.134. The van der Waals surface area contributed by atoms with E-state index in [1.807, 2.05) is 11.9 Å². The first kappa shape index (κ1) is 13.8. The second kappa shape index (κ2) is 6.53.